The molecular formula is C26H25N5O. The van der Waals surface area contributed by atoms with E-state index in [2.05, 4.69) is 60.6 Å². The molecule has 1 aliphatic rings. The molecular weight excluding hydrogens is 398 g/mol. The lowest BCUT2D eigenvalue weighted by atomic mass is 9.90. The summed E-state index contributed by atoms with van der Waals surface area (Å²) in [7, 11) is 1.75. The zero-order valence-corrected chi connectivity index (χ0v) is 18.2. The maximum absolute atomic E-state index is 12.9. The second-order valence-electron chi connectivity index (χ2n) is 8.18. The van der Waals surface area contributed by atoms with Crippen LogP contribution in [0.2, 0.25) is 0 Å². The van der Waals surface area contributed by atoms with Gasteiger partial charge < -0.3 is 0 Å². The largest absolute Gasteiger partial charge is 0.347 e. The van der Waals surface area contributed by atoms with Crippen LogP contribution < -0.4 is 10.7 Å². The van der Waals surface area contributed by atoms with E-state index >= 15 is 0 Å². The van der Waals surface area contributed by atoms with E-state index in [0.717, 1.165) is 16.8 Å². The number of nitrogens with zero attached hydrogens (tertiary/aromatic N) is 5. The predicted molar refractivity (Wildman–Crippen MR) is 127 cm³/mol. The van der Waals surface area contributed by atoms with Crippen LogP contribution >= 0.6 is 0 Å². The van der Waals surface area contributed by atoms with Gasteiger partial charge in [-0.3, -0.25) is 4.57 Å². The van der Waals surface area contributed by atoms with E-state index in [1.54, 1.807) is 11.6 Å². The first-order valence-corrected chi connectivity index (χ1v) is 10.8. The monoisotopic (exact) mass is 423 g/mol. The molecule has 4 aromatic rings. The van der Waals surface area contributed by atoms with Crippen molar-refractivity contribution in [3.63, 3.8) is 0 Å². The Labute approximate surface area is 187 Å². The first-order valence-electron chi connectivity index (χ1n) is 10.8. The topological polar surface area (TPSA) is 55.4 Å². The molecule has 0 saturated heterocycles. The van der Waals surface area contributed by atoms with Crippen LogP contribution in [-0.4, -0.2) is 26.6 Å². The summed E-state index contributed by atoms with van der Waals surface area (Å²) in [6.07, 6.45) is 0. The Bertz CT molecular complexity index is 1300. The summed E-state index contributed by atoms with van der Waals surface area (Å²) in [5, 5.41) is 11.5. The molecule has 0 spiro atoms. The average Bonchev–Trinajstić information content (AvgIpc) is 3.38. The molecule has 0 saturated carbocycles. The molecule has 0 unspecified atom stereocenters. The number of benzene rings is 3. The number of aryl methyl sites for hydroxylation is 1. The smallest absolute Gasteiger partial charge is 0.263 e. The number of hydrazone groups is 1. The van der Waals surface area contributed by atoms with Crippen molar-refractivity contribution in [2.75, 3.05) is 11.6 Å². The highest BCUT2D eigenvalue weighted by molar-refractivity contribution is 6.07. The van der Waals surface area contributed by atoms with Gasteiger partial charge in [-0.25, -0.2) is 14.5 Å². The Morgan fingerprint density at radius 2 is 1.56 bits per heavy atom. The highest BCUT2D eigenvalue weighted by Crippen LogP contribution is 2.30. The second kappa shape index (κ2) is 8.30. The molecule has 0 amide bonds. The molecule has 2 heterocycles. The fourth-order valence-corrected chi connectivity index (χ4v) is 4.12. The second-order valence-corrected chi connectivity index (χ2v) is 8.18. The maximum Gasteiger partial charge on any atom is 0.347 e. The van der Waals surface area contributed by atoms with Gasteiger partial charge >= 0.3 is 5.69 Å². The van der Waals surface area contributed by atoms with Gasteiger partial charge in [0.05, 0.1) is 18.8 Å². The standard InChI is InChI=1S/C26H25N5O/c1-19-13-15-22(16-14-19)24-23(21-11-7-4-8-12-21)18-30(27-24)25-28-31(26(32)29(25)2)17-20-9-5-3-6-10-20/h3-16,23H,17-18H2,1-2H3/t23-/m0/s1. The van der Waals surface area contributed by atoms with Gasteiger partial charge in [0, 0.05) is 13.0 Å². The Morgan fingerprint density at radius 3 is 2.25 bits per heavy atom. The predicted octanol–water partition coefficient (Wildman–Crippen LogP) is 3.95. The number of hydrogen-bond donors (Lipinski definition) is 0. The van der Waals surface area contributed by atoms with Gasteiger partial charge in [0.15, 0.2) is 0 Å². The minimum Gasteiger partial charge on any atom is -0.263 e. The summed E-state index contributed by atoms with van der Waals surface area (Å²) < 4.78 is 3.08. The Kier molecular flexibility index (Phi) is 5.19. The van der Waals surface area contributed by atoms with Crippen molar-refractivity contribution in [3.05, 3.63) is 118 Å². The summed E-state index contributed by atoms with van der Waals surface area (Å²) in [5.74, 6) is 0.641. The number of aromatic nitrogens is 3. The Morgan fingerprint density at radius 1 is 0.906 bits per heavy atom. The summed E-state index contributed by atoms with van der Waals surface area (Å²) in [6.45, 7) is 3.14. The molecule has 6 nitrogen and oxygen atoms in total. The van der Waals surface area contributed by atoms with Crippen LogP contribution in [0, 0.1) is 6.92 Å². The zero-order valence-electron chi connectivity index (χ0n) is 18.2. The van der Waals surface area contributed by atoms with Gasteiger partial charge in [0.1, 0.15) is 0 Å². The van der Waals surface area contributed by atoms with Crippen molar-refractivity contribution in [2.45, 2.75) is 19.4 Å². The molecule has 0 radical (unpaired) electrons. The van der Waals surface area contributed by atoms with E-state index in [4.69, 9.17) is 5.10 Å². The third-order valence-corrected chi connectivity index (χ3v) is 5.89. The molecule has 32 heavy (non-hydrogen) atoms. The molecule has 0 fully saturated rings. The lowest BCUT2D eigenvalue weighted by Crippen LogP contribution is -2.25. The molecule has 5 rings (SSSR count). The molecule has 0 aliphatic carbocycles. The van der Waals surface area contributed by atoms with E-state index in [9.17, 15) is 4.79 Å². The van der Waals surface area contributed by atoms with Gasteiger partial charge in [-0.1, -0.05) is 90.5 Å². The van der Waals surface area contributed by atoms with E-state index in [-0.39, 0.29) is 11.6 Å². The van der Waals surface area contributed by atoms with Gasteiger partial charge in [0.25, 0.3) is 0 Å². The van der Waals surface area contributed by atoms with Crippen molar-refractivity contribution >= 4 is 11.7 Å². The molecule has 6 heteroatoms. The van der Waals surface area contributed by atoms with Crippen molar-refractivity contribution in [3.8, 4) is 0 Å². The first kappa shape index (κ1) is 20.0. The van der Waals surface area contributed by atoms with E-state index in [1.807, 2.05) is 41.4 Å². The van der Waals surface area contributed by atoms with Crippen molar-refractivity contribution in [1.82, 2.24) is 14.3 Å². The van der Waals surface area contributed by atoms with Crippen LogP contribution in [0.1, 0.15) is 28.2 Å². The van der Waals surface area contributed by atoms with Crippen LogP contribution in [0.5, 0.6) is 0 Å². The molecule has 1 atom stereocenters. The minimum atomic E-state index is -0.154. The van der Waals surface area contributed by atoms with Gasteiger partial charge in [0.2, 0.25) is 5.95 Å². The molecule has 1 aromatic heterocycles. The van der Waals surface area contributed by atoms with Gasteiger partial charge in [-0.05, 0) is 23.6 Å². The number of hydrogen-bond acceptors (Lipinski definition) is 4. The summed E-state index contributed by atoms with van der Waals surface area (Å²) in [5.41, 5.74) is 5.36. The van der Waals surface area contributed by atoms with Gasteiger partial charge in [-0.15, -0.1) is 5.10 Å². The third-order valence-electron chi connectivity index (χ3n) is 5.89. The van der Waals surface area contributed by atoms with Crippen LogP contribution in [0.3, 0.4) is 0 Å². The first-order chi connectivity index (χ1) is 15.6. The molecule has 0 N–H and O–H groups in total. The summed E-state index contributed by atoms with van der Waals surface area (Å²) in [6, 6.07) is 28.7. The third kappa shape index (κ3) is 3.75. The fourth-order valence-electron chi connectivity index (χ4n) is 4.12. The van der Waals surface area contributed by atoms with E-state index in [0.29, 0.717) is 19.0 Å². The molecule has 160 valence electrons. The lowest BCUT2D eigenvalue weighted by molar-refractivity contribution is 0.646. The van der Waals surface area contributed by atoms with Crippen molar-refractivity contribution in [2.24, 2.45) is 12.1 Å². The fraction of sp³-hybridized carbons (Fsp3) is 0.192. The number of anilines is 1. The van der Waals surface area contributed by atoms with Crippen molar-refractivity contribution < 1.29 is 0 Å². The minimum absolute atomic E-state index is 0.0910. The van der Waals surface area contributed by atoms with E-state index < -0.39 is 0 Å². The highest BCUT2D eigenvalue weighted by atomic mass is 16.2. The van der Waals surface area contributed by atoms with Crippen LogP contribution in [0.4, 0.5) is 5.95 Å². The maximum atomic E-state index is 12.9. The molecule has 1 aliphatic heterocycles. The summed E-state index contributed by atoms with van der Waals surface area (Å²) in [4.78, 5) is 12.9. The van der Waals surface area contributed by atoms with Crippen molar-refractivity contribution in [1.29, 1.82) is 0 Å². The normalized spacial score (nSPS) is 15.8. The van der Waals surface area contributed by atoms with Gasteiger partial charge in [-0.2, -0.15) is 5.10 Å². The highest BCUT2D eigenvalue weighted by Gasteiger charge is 2.32. The quantitative estimate of drug-likeness (QED) is 0.488. The number of rotatable bonds is 5. The molecule has 3 aromatic carbocycles. The van der Waals surface area contributed by atoms with Crippen LogP contribution in [-0.2, 0) is 13.6 Å². The average molecular weight is 424 g/mol. The lowest BCUT2D eigenvalue weighted by Gasteiger charge is -2.15. The Balaban J connectivity index is 1.53. The SMILES string of the molecule is Cc1ccc(C2=NN(c3nn(Cc4ccccc4)c(=O)n3C)C[C@H]2c2ccccc2)cc1. The Hall–Kier alpha value is -3.93. The summed E-state index contributed by atoms with van der Waals surface area (Å²) >= 11 is 0. The molecule has 0 bridgehead atoms. The van der Waals surface area contributed by atoms with Crippen LogP contribution in [0.25, 0.3) is 0 Å². The van der Waals surface area contributed by atoms with Crippen LogP contribution in [0.15, 0.2) is 94.8 Å². The van der Waals surface area contributed by atoms with E-state index in [1.165, 1.54) is 15.8 Å². The zero-order chi connectivity index (χ0) is 22.1.